The van der Waals surface area contributed by atoms with Crippen LogP contribution in [0.5, 0.6) is 5.75 Å². The molecule has 0 fully saturated rings. The van der Waals surface area contributed by atoms with E-state index in [-0.39, 0.29) is 5.69 Å². The topological polar surface area (TPSA) is 72.7 Å². The Bertz CT molecular complexity index is 402. The van der Waals surface area contributed by atoms with Crippen LogP contribution in [0, 0.1) is 10.1 Å². The van der Waals surface area contributed by atoms with Crippen LogP contribution < -0.4 is 4.74 Å². The molecule has 1 amide bonds. The number of rotatable bonds is 4. The first-order chi connectivity index (χ1) is 8.04. The first kappa shape index (κ1) is 13.0. The van der Waals surface area contributed by atoms with Gasteiger partial charge in [0.2, 0.25) is 0 Å². The molecule has 0 bridgehead atoms. The lowest BCUT2D eigenvalue weighted by Gasteiger charge is -2.15. The SMILES string of the molecule is CCCN(C)C(=O)Oc1ccc([N+](=O)[O-])cc1. The van der Waals surface area contributed by atoms with Gasteiger partial charge in [-0.3, -0.25) is 10.1 Å². The molecule has 0 radical (unpaired) electrons. The van der Waals surface area contributed by atoms with Gasteiger partial charge in [-0.2, -0.15) is 0 Å². The highest BCUT2D eigenvalue weighted by Crippen LogP contribution is 2.17. The minimum absolute atomic E-state index is 0.0355. The predicted octanol–water partition coefficient (Wildman–Crippen LogP) is 2.44. The quantitative estimate of drug-likeness (QED) is 0.596. The van der Waals surface area contributed by atoms with Gasteiger partial charge in [-0.15, -0.1) is 0 Å². The Balaban J connectivity index is 2.63. The summed E-state index contributed by atoms with van der Waals surface area (Å²) in [6, 6.07) is 5.39. The van der Waals surface area contributed by atoms with Crippen molar-refractivity contribution < 1.29 is 14.5 Å². The summed E-state index contributed by atoms with van der Waals surface area (Å²) in [5, 5.41) is 10.4. The van der Waals surface area contributed by atoms with E-state index in [9.17, 15) is 14.9 Å². The van der Waals surface area contributed by atoms with Crippen LogP contribution in [0.25, 0.3) is 0 Å². The first-order valence-electron chi connectivity index (χ1n) is 5.22. The summed E-state index contributed by atoms with van der Waals surface area (Å²) in [5.74, 6) is 0.295. The minimum Gasteiger partial charge on any atom is -0.410 e. The van der Waals surface area contributed by atoms with E-state index in [1.165, 1.54) is 29.2 Å². The lowest BCUT2D eigenvalue weighted by molar-refractivity contribution is -0.384. The number of nitro benzene ring substituents is 1. The van der Waals surface area contributed by atoms with Gasteiger partial charge in [0.05, 0.1) is 4.92 Å². The average Bonchev–Trinajstić information content (AvgIpc) is 2.30. The zero-order valence-corrected chi connectivity index (χ0v) is 9.75. The highest BCUT2D eigenvalue weighted by Gasteiger charge is 2.11. The van der Waals surface area contributed by atoms with E-state index in [4.69, 9.17) is 4.74 Å². The maximum atomic E-state index is 11.5. The molecule has 0 atom stereocenters. The highest BCUT2D eigenvalue weighted by molar-refractivity contribution is 5.70. The second kappa shape index (κ2) is 5.83. The molecule has 1 aromatic rings. The molecule has 0 aliphatic heterocycles. The zero-order chi connectivity index (χ0) is 12.8. The maximum absolute atomic E-state index is 11.5. The number of amides is 1. The fraction of sp³-hybridized carbons (Fsp3) is 0.364. The Labute approximate surface area is 98.9 Å². The maximum Gasteiger partial charge on any atom is 0.414 e. The van der Waals surface area contributed by atoms with Crippen LogP contribution in [-0.2, 0) is 0 Å². The summed E-state index contributed by atoms with van der Waals surface area (Å²) in [6.07, 6.45) is 0.368. The third-order valence-corrected chi connectivity index (χ3v) is 2.12. The van der Waals surface area contributed by atoms with E-state index in [1.54, 1.807) is 7.05 Å². The molecular weight excluding hydrogens is 224 g/mol. The molecule has 0 saturated carbocycles. The predicted molar refractivity (Wildman–Crippen MR) is 62.0 cm³/mol. The number of non-ortho nitro benzene ring substituents is 1. The van der Waals surface area contributed by atoms with Crippen molar-refractivity contribution in [3.63, 3.8) is 0 Å². The molecule has 92 valence electrons. The van der Waals surface area contributed by atoms with Crippen LogP contribution in [-0.4, -0.2) is 29.5 Å². The van der Waals surface area contributed by atoms with E-state index in [0.717, 1.165) is 6.42 Å². The Morgan fingerprint density at radius 2 is 2.00 bits per heavy atom. The molecule has 0 aliphatic rings. The van der Waals surface area contributed by atoms with E-state index >= 15 is 0 Å². The molecule has 6 nitrogen and oxygen atoms in total. The van der Waals surface area contributed by atoms with Crippen LogP contribution in [0.15, 0.2) is 24.3 Å². The number of carbonyl (C=O) groups is 1. The lowest BCUT2D eigenvalue weighted by Crippen LogP contribution is -2.30. The standard InChI is InChI=1S/C11H14N2O4/c1-3-8-12(2)11(14)17-10-6-4-9(5-7-10)13(15)16/h4-7H,3,8H2,1-2H3. The Kier molecular flexibility index (Phi) is 4.45. The molecular formula is C11H14N2O4. The highest BCUT2D eigenvalue weighted by atomic mass is 16.6. The van der Waals surface area contributed by atoms with Crippen LogP contribution in [0.1, 0.15) is 13.3 Å². The second-order valence-corrected chi connectivity index (χ2v) is 3.54. The molecule has 17 heavy (non-hydrogen) atoms. The minimum atomic E-state index is -0.505. The van der Waals surface area contributed by atoms with Gasteiger partial charge < -0.3 is 9.64 Å². The van der Waals surface area contributed by atoms with Crippen molar-refractivity contribution in [2.24, 2.45) is 0 Å². The van der Waals surface area contributed by atoms with Gasteiger partial charge in [-0.05, 0) is 18.6 Å². The van der Waals surface area contributed by atoms with Crippen molar-refractivity contribution in [3.8, 4) is 5.75 Å². The van der Waals surface area contributed by atoms with Crippen LogP contribution >= 0.6 is 0 Å². The monoisotopic (exact) mass is 238 g/mol. The Morgan fingerprint density at radius 3 is 2.47 bits per heavy atom. The van der Waals surface area contributed by atoms with Gasteiger partial charge in [-0.25, -0.2) is 4.79 Å². The molecule has 1 rings (SSSR count). The summed E-state index contributed by atoms with van der Waals surface area (Å²) in [7, 11) is 1.64. The third-order valence-electron chi connectivity index (χ3n) is 2.12. The molecule has 1 aromatic carbocycles. The molecule has 0 heterocycles. The number of hydrogen-bond donors (Lipinski definition) is 0. The van der Waals surface area contributed by atoms with Crippen molar-refractivity contribution in [2.75, 3.05) is 13.6 Å². The Morgan fingerprint density at radius 1 is 1.41 bits per heavy atom. The van der Waals surface area contributed by atoms with Gasteiger partial charge in [0, 0.05) is 25.7 Å². The van der Waals surface area contributed by atoms with Crippen molar-refractivity contribution in [1.82, 2.24) is 4.90 Å². The van der Waals surface area contributed by atoms with Crippen molar-refractivity contribution in [3.05, 3.63) is 34.4 Å². The van der Waals surface area contributed by atoms with E-state index < -0.39 is 11.0 Å². The fourth-order valence-electron chi connectivity index (χ4n) is 1.24. The number of ether oxygens (including phenoxy) is 1. The van der Waals surface area contributed by atoms with Crippen molar-refractivity contribution in [2.45, 2.75) is 13.3 Å². The molecule has 0 unspecified atom stereocenters. The number of nitro groups is 1. The smallest absolute Gasteiger partial charge is 0.410 e. The van der Waals surface area contributed by atoms with Crippen LogP contribution in [0.3, 0.4) is 0 Å². The molecule has 0 saturated heterocycles. The number of hydrogen-bond acceptors (Lipinski definition) is 4. The molecule has 6 heteroatoms. The first-order valence-corrected chi connectivity index (χ1v) is 5.22. The van der Waals surface area contributed by atoms with Crippen molar-refractivity contribution in [1.29, 1.82) is 0 Å². The summed E-state index contributed by atoms with van der Waals surface area (Å²) < 4.78 is 5.03. The Hall–Kier alpha value is -2.11. The van der Waals surface area contributed by atoms with E-state index in [1.807, 2.05) is 6.92 Å². The van der Waals surface area contributed by atoms with Gasteiger partial charge in [0.1, 0.15) is 5.75 Å². The summed E-state index contributed by atoms with van der Waals surface area (Å²) >= 11 is 0. The molecule has 0 aliphatic carbocycles. The molecule has 0 spiro atoms. The number of benzene rings is 1. The van der Waals surface area contributed by atoms with E-state index in [0.29, 0.717) is 12.3 Å². The summed E-state index contributed by atoms with van der Waals surface area (Å²) in [5.41, 5.74) is -0.0355. The third kappa shape index (κ3) is 3.75. The van der Waals surface area contributed by atoms with Crippen LogP contribution in [0.2, 0.25) is 0 Å². The second-order valence-electron chi connectivity index (χ2n) is 3.54. The molecule has 0 N–H and O–H groups in total. The van der Waals surface area contributed by atoms with Gasteiger partial charge in [0.15, 0.2) is 0 Å². The fourth-order valence-corrected chi connectivity index (χ4v) is 1.24. The van der Waals surface area contributed by atoms with Gasteiger partial charge in [-0.1, -0.05) is 6.92 Å². The largest absolute Gasteiger partial charge is 0.414 e. The van der Waals surface area contributed by atoms with E-state index in [2.05, 4.69) is 0 Å². The normalized spacial score (nSPS) is 9.76. The number of carbonyl (C=O) groups excluding carboxylic acids is 1. The zero-order valence-electron chi connectivity index (χ0n) is 9.75. The lowest BCUT2D eigenvalue weighted by atomic mass is 10.3. The van der Waals surface area contributed by atoms with Crippen molar-refractivity contribution >= 4 is 11.8 Å². The van der Waals surface area contributed by atoms with Gasteiger partial charge in [0.25, 0.3) is 5.69 Å². The summed E-state index contributed by atoms with van der Waals surface area (Å²) in [6.45, 7) is 2.56. The van der Waals surface area contributed by atoms with Gasteiger partial charge >= 0.3 is 6.09 Å². The van der Waals surface area contributed by atoms with Crippen LogP contribution in [0.4, 0.5) is 10.5 Å². The summed E-state index contributed by atoms with van der Waals surface area (Å²) in [4.78, 5) is 22.8. The number of nitrogens with zero attached hydrogens (tertiary/aromatic N) is 2. The molecule has 0 aromatic heterocycles. The average molecular weight is 238 g/mol.